The summed E-state index contributed by atoms with van der Waals surface area (Å²) in [5.74, 6) is -6.09. The van der Waals surface area contributed by atoms with Crippen molar-refractivity contribution in [2.24, 2.45) is 0 Å². The van der Waals surface area contributed by atoms with E-state index in [1.807, 2.05) is 0 Å². The molecule has 4 N–H and O–H groups in total. The van der Waals surface area contributed by atoms with Gasteiger partial charge in [0, 0.05) is 11.6 Å². The fourth-order valence-corrected chi connectivity index (χ4v) is 4.61. The van der Waals surface area contributed by atoms with Crippen molar-refractivity contribution in [3.63, 3.8) is 0 Å². The van der Waals surface area contributed by atoms with Gasteiger partial charge in [-0.3, -0.25) is 0 Å². The topological polar surface area (TPSA) is 152 Å². The maximum atomic E-state index is 14.1. The minimum atomic E-state index is -4.44. The van der Waals surface area contributed by atoms with Crippen LogP contribution in [0.1, 0.15) is 29.4 Å². The van der Waals surface area contributed by atoms with Crippen molar-refractivity contribution in [2.45, 2.75) is 43.5 Å². The molecule has 0 bridgehead atoms. The van der Waals surface area contributed by atoms with Crippen LogP contribution in [0.4, 0.5) is 26.3 Å². The number of aromatic nitrogens is 6. The summed E-state index contributed by atoms with van der Waals surface area (Å²) in [6.45, 7) is 0.537. The largest absolute Gasteiger partial charge is 0.394 e. The van der Waals surface area contributed by atoms with Gasteiger partial charge in [-0.25, -0.2) is 31.9 Å². The second-order valence-electron chi connectivity index (χ2n) is 9.22. The lowest BCUT2D eigenvalue weighted by Gasteiger charge is -2.41. The summed E-state index contributed by atoms with van der Waals surface area (Å²) >= 11 is 0. The Morgan fingerprint density at radius 1 is 1.02 bits per heavy atom. The summed E-state index contributed by atoms with van der Waals surface area (Å²) in [6.07, 6.45) is -9.91. The number of alkyl halides is 2. The third-order valence-electron chi connectivity index (χ3n) is 6.49. The number of rotatable bonds is 6. The monoisotopic (exact) mass is 586 g/mol. The average molecular weight is 586 g/mol. The highest BCUT2D eigenvalue weighted by atomic mass is 19.3. The number of aryl methyl sites for hydroxylation is 1. The van der Waals surface area contributed by atoms with Crippen molar-refractivity contribution < 1.29 is 51.5 Å². The van der Waals surface area contributed by atoms with Crippen molar-refractivity contribution in [2.75, 3.05) is 6.61 Å². The van der Waals surface area contributed by atoms with E-state index in [2.05, 4.69) is 20.4 Å². The Morgan fingerprint density at radius 3 is 2.34 bits per heavy atom. The summed E-state index contributed by atoms with van der Waals surface area (Å²) in [5.41, 5.74) is -2.10. The summed E-state index contributed by atoms with van der Waals surface area (Å²) in [7, 11) is 0. The normalized spacial score (nSPS) is 23.2. The lowest BCUT2D eigenvalue weighted by atomic mass is 9.92. The molecular weight excluding hydrogens is 566 g/mol. The fourth-order valence-electron chi connectivity index (χ4n) is 4.61. The standard InChI is InChI=1S/C24H20F6N6O5/c1-9-31-23(36(33-9)16-6-11(25)2-3-12(16)24(29,30)40)22-21(39)19(20(38)17(8-37)41-22)35-7-15(32-34-35)10-4-13(26)18(28)14(27)5-10/h2-7,17,19-22,37-40H,8H2,1H3/t17-,19+,20+,21-,22-/m1/s1. The van der Waals surface area contributed by atoms with E-state index in [9.17, 15) is 46.8 Å². The molecule has 218 valence electrons. The quantitative estimate of drug-likeness (QED) is 0.196. The van der Waals surface area contributed by atoms with Crippen LogP contribution < -0.4 is 0 Å². The van der Waals surface area contributed by atoms with E-state index in [4.69, 9.17) is 4.74 Å². The minimum Gasteiger partial charge on any atom is -0.394 e. The molecule has 0 unspecified atom stereocenters. The maximum absolute atomic E-state index is 14.1. The molecule has 2 aromatic heterocycles. The van der Waals surface area contributed by atoms with Gasteiger partial charge in [0.15, 0.2) is 23.3 Å². The van der Waals surface area contributed by atoms with E-state index in [-0.39, 0.29) is 22.9 Å². The van der Waals surface area contributed by atoms with Crippen LogP contribution in [0.2, 0.25) is 0 Å². The second kappa shape index (κ2) is 10.5. The Hall–Kier alpha value is -3.90. The van der Waals surface area contributed by atoms with Crippen LogP contribution in [-0.4, -0.2) is 75.1 Å². The Bertz CT molecular complexity index is 1570. The number of nitrogens with zero attached hydrogens (tertiary/aromatic N) is 6. The Labute approximate surface area is 225 Å². The van der Waals surface area contributed by atoms with Crippen LogP contribution in [0.5, 0.6) is 0 Å². The molecule has 4 aromatic rings. The number of halogens is 6. The van der Waals surface area contributed by atoms with Crippen molar-refractivity contribution in [1.29, 1.82) is 0 Å². The summed E-state index contributed by atoms with van der Waals surface area (Å²) < 4.78 is 90.3. The van der Waals surface area contributed by atoms with Crippen LogP contribution in [0.25, 0.3) is 16.9 Å². The van der Waals surface area contributed by atoms with Gasteiger partial charge >= 0.3 is 6.11 Å². The van der Waals surface area contributed by atoms with Gasteiger partial charge in [0.2, 0.25) is 0 Å². The molecule has 0 aliphatic carbocycles. The maximum Gasteiger partial charge on any atom is 0.383 e. The molecule has 0 radical (unpaired) electrons. The number of aliphatic hydroxyl groups is 4. The third kappa shape index (κ3) is 5.17. The van der Waals surface area contributed by atoms with Crippen molar-refractivity contribution >= 4 is 0 Å². The number of hydrogen-bond acceptors (Lipinski definition) is 9. The van der Waals surface area contributed by atoms with Crippen LogP contribution in [0.3, 0.4) is 0 Å². The lowest BCUT2D eigenvalue weighted by Crippen LogP contribution is -2.53. The summed E-state index contributed by atoms with van der Waals surface area (Å²) in [6, 6.07) is 1.79. The number of hydrogen-bond donors (Lipinski definition) is 4. The SMILES string of the molecule is Cc1nc([C@@H]2O[C@H](CO)[C@H](O)[C@H](n3cc(-c4cc(F)c(F)c(F)c4)nn3)[C@H]2O)n(-c2cc(F)ccc2C(O)(F)F)n1. The Kier molecular flexibility index (Phi) is 7.33. The molecule has 0 saturated carbocycles. The van der Waals surface area contributed by atoms with E-state index in [1.165, 1.54) is 6.92 Å². The zero-order valence-corrected chi connectivity index (χ0v) is 20.7. The van der Waals surface area contributed by atoms with Crippen LogP contribution >= 0.6 is 0 Å². The van der Waals surface area contributed by atoms with E-state index >= 15 is 0 Å². The van der Waals surface area contributed by atoms with Crippen LogP contribution in [0, 0.1) is 30.2 Å². The molecule has 1 aliphatic heterocycles. The minimum absolute atomic E-state index is 0.0427. The molecule has 11 nitrogen and oxygen atoms in total. The number of ether oxygens (including phenoxy) is 1. The predicted octanol–water partition coefficient (Wildman–Crippen LogP) is 1.83. The van der Waals surface area contributed by atoms with Gasteiger partial charge in [0.05, 0.1) is 24.1 Å². The molecule has 0 amide bonds. The summed E-state index contributed by atoms with van der Waals surface area (Å²) in [4.78, 5) is 4.11. The Morgan fingerprint density at radius 2 is 1.71 bits per heavy atom. The molecule has 0 spiro atoms. The molecule has 1 saturated heterocycles. The van der Waals surface area contributed by atoms with Gasteiger partial charge in [-0.15, -0.1) is 5.10 Å². The van der Waals surface area contributed by atoms with E-state index < -0.39 is 77.7 Å². The lowest BCUT2D eigenvalue weighted by molar-refractivity contribution is -0.211. The van der Waals surface area contributed by atoms with Gasteiger partial charge in [0.1, 0.15) is 47.8 Å². The highest BCUT2D eigenvalue weighted by molar-refractivity contribution is 5.58. The van der Waals surface area contributed by atoms with Gasteiger partial charge < -0.3 is 25.2 Å². The highest BCUT2D eigenvalue weighted by Gasteiger charge is 2.48. The first-order chi connectivity index (χ1) is 19.3. The number of benzene rings is 2. The van der Waals surface area contributed by atoms with Gasteiger partial charge in [-0.05, 0) is 31.2 Å². The zero-order chi connectivity index (χ0) is 29.8. The van der Waals surface area contributed by atoms with Crippen molar-refractivity contribution in [3.05, 3.63) is 77.0 Å². The third-order valence-corrected chi connectivity index (χ3v) is 6.49. The molecule has 17 heteroatoms. The fraction of sp³-hybridized carbons (Fsp3) is 0.333. The average Bonchev–Trinajstić information content (AvgIpc) is 3.53. The van der Waals surface area contributed by atoms with Gasteiger partial charge in [-0.2, -0.15) is 13.9 Å². The first-order valence-electron chi connectivity index (χ1n) is 11.8. The summed E-state index contributed by atoms with van der Waals surface area (Å²) in [5, 5.41) is 53.0. The predicted molar refractivity (Wildman–Crippen MR) is 123 cm³/mol. The molecule has 41 heavy (non-hydrogen) atoms. The van der Waals surface area contributed by atoms with Crippen molar-refractivity contribution in [1.82, 2.24) is 29.8 Å². The molecule has 3 heterocycles. The van der Waals surface area contributed by atoms with Crippen molar-refractivity contribution in [3.8, 4) is 16.9 Å². The van der Waals surface area contributed by atoms with E-state index in [0.29, 0.717) is 35.0 Å². The molecule has 2 aromatic carbocycles. The number of aliphatic hydroxyl groups excluding tert-OH is 3. The Balaban J connectivity index is 1.58. The van der Waals surface area contributed by atoms with Crippen LogP contribution in [0.15, 0.2) is 36.5 Å². The molecule has 1 aliphatic rings. The van der Waals surface area contributed by atoms with E-state index in [1.54, 1.807) is 0 Å². The zero-order valence-electron chi connectivity index (χ0n) is 20.7. The first-order valence-corrected chi connectivity index (χ1v) is 11.8. The first kappa shape index (κ1) is 28.6. The van der Waals surface area contributed by atoms with Crippen LogP contribution in [-0.2, 0) is 10.8 Å². The van der Waals surface area contributed by atoms with Gasteiger partial charge in [-0.1, -0.05) is 5.21 Å². The molecular formula is C24H20F6N6O5. The second-order valence-corrected chi connectivity index (χ2v) is 9.22. The molecule has 1 fully saturated rings. The highest BCUT2D eigenvalue weighted by Crippen LogP contribution is 2.40. The molecule has 5 atom stereocenters. The van der Waals surface area contributed by atoms with E-state index in [0.717, 1.165) is 10.9 Å². The smallest absolute Gasteiger partial charge is 0.383 e. The molecule has 5 rings (SSSR count). The van der Waals surface area contributed by atoms with Gasteiger partial charge in [0.25, 0.3) is 0 Å².